The van der Waals surface area contributed by atoms with Crippen molar-refractivity contribution in [1.82, 2.24) is 4.57 Å². The molecule has 0 fully saturated rings. The van der Waals surface area contributed by atoms with Crippen LogP contribution < -0.4 is 14.0 Å². The number of fused-ring (bicyclic) bond motifs is 2. The zero-order valence-corrected chi connectivity index (χ0v) is 16.8. The van der Waals surface area contributed by atoms with Crippen molar-refractivity contribution in [3.8, 4) is 28.4 Å². The Morgan fingerprint density at radius 1 is 0.962 bits per heavy atom. The maximum absolute atomic E-state index is 5.90. The maximum Gasteiger partial charge on any atom is 0.323 e. The second-order valence-electron chi connectivity index (χ2n) is 6.22. The zero-order valence-electron chi connectivity index (χ0n) is 14.3. The van der Waals surface area contributed by atoms with Crippen LogP contribution in [0.2, 0.25) is 0 Å². The van der Waals surface area contributed by atoms with Gasteiger partial charge in [0.2, 0.25) is 0 Å². The van der Waals surface area contributed by atoms with Crippen LogP contribution in [0.3, 0.4) is 0 Å². The van der Waals surface area contributed by atoms with E-state index in [4.69, 9.17) is 9.47 Å². The first kappa shape index (κ1) is 17.5. The summed E-state index contributed by atoms with van der Waals surface area (Å²) in [6, 6.07) is 16.8. The van der Waals surface area contributed by atoms with Crippen LogP contribution in [-0.2, 0) is 6.54 Å². The summed E-state index contributed by atoms with van der Waals surface area (Å²) in [4.78, 5) is 0. The average Bonchev–Trinajstić information content (AvgIpc) is 3.16. The number of aryl methyl sites for hydroxylation is 1. The second-order valence-corrected chi connectivity index (χ2v) is 7.28. The summed E-state index contributed by atoms with van der Waals surface area (Å²) < 4.78 is 16.4. The SMILES string of the molecule is Br.c1ccc(-c2c[n+]3c(n2-c2ccc4c(c2)OCCCO4)SCC3)cc1. The molecule has 4 nitrogen and oxygen atoms in total. The Morgan fingerprint density at radius 3 is 2.62 bits per heavy atom. The van der Waals surface area contributed by atoms with Crippen molar-refractivity contribution < 1.29 is 14.0 Å². The standard InChI is InChI=1S/C20H19N2O2S.BrH/c1-2-5-15(6-3-1)17-14-21-9-12-25-20(21)22(17)16-7-8-18-19(13-16)24-11-4-10-23-18;/h1-3,5-8,13-14H,4,9-12H2;1H/q+1;. The van der Waals surface area contributed by atoms with Crippen molar-refractivity contribution in [3.05, 3.63) is 54.7 Å². The molecule has 5 rings (SSSR count). The molecule has 2 aliphatic rings. The molecule has 6 heteroatoms. The molecule has 0 amide bonds. The third kappa shape index (κ3) is 3.01. The number of halogens is 1. The predicted molar refractivity (Wildman–Crippen MR) is 108 cm³/mol. The third-order valence-electron chi connectivity index (χ3n) is 4.58. The van der Waals surface area contributed by atoms with Crippen LogP contribution in [0.15, 0.2) is 59.9 Å². The number of hydrogen-bond acceptors (Lipinski definition) is 3. The average molecular weight is 432 g/mol. The largest absolute Gasteiger partial charge is 0.490 e. The van der Waals surface area contributed by atoms with Crippen LogP contribution in [0.1, 0.15) is 6.42 Å². The van der Waals surface area contributed by atoms with E-state index in [2.05, 4.69) is 57.8 Å². The highest BCUT2D eigenvalue weighted by Gasteiger charge is 2.31. The quantitative estimate of drug-likeness (QED) is 0.566. The van der Waals surface area contributed by atoms with Gasteiger partial charge in [-0.3, -0.25) is 0 Å². The lowest BCUT2D eigenvalue weighted by molar-refractivity contribution is -0.723. The Hall–Kier alpha value is -1.92. The first-order chi connectivity index (χ1) is 12.4. The molecular weight excluding hydrogens is 412 g/mol. The van der Waals surface area contributed by atoms with Crippen molar-refractivity contribution in [1.29, 1.82) is 0 Å². The summed E-state index contributed by atoms with van der Waals surface area (Å²) in [5.74, 6) is 2.80. The molecule has 0 spiro atoms. The topological polar surface area (TPSA) is 27.3 Å². The van der Waals surface area contributed by atoms with Crippen LogP contribution in [0, 0.1) is 0 Å². The smallest absolute Gasteiger partial charge is 0.323 e. The van der Waals surface area contributed by atoms with E-state index in [-0.39, 0.29) is 17.0 Å². The number of aromatic nitrogens is 2. The van der Waals surface area contributed by atoms with E-state index in [1.807, 2.05) is 17.8 Å². The first-order valence-corrected chi connectivity index (χ1v) is 9.62. The van der Waals surface area contributed by atoms with Gasteiger partial charge >= 0.3 is 5.16 Å². The van der Waals surface area contributed by atoms with Crippen LogP contribution in [0.25, 0.3) is 16.9 Å². The molecule has 0 atom stereocenters. The normalized spacial score (nSPS) is 15.1. The van der Waals surface area contributed by atoms with E-state index in [1.54, 1.807) is 0 Å². The molecule has 0 bridgehead atoms. The Kier molecular flexibility index (Phi) is 4.96. The number of nitrogens with zero attached hydrogens (tertiary/aromatic N) is 2. The van der Waals surface area contributed by atoms with Crippen molar-refractivity contribution in [3.63, 3.8) is 0 Å². The van der Waals surface area contributed by atoms with Crippen LogP contribution in [0.5, 0.6) is 11.5 Å². The molecule has 2 aliphatic heterocycles. The molecule has 26 heavy (non-hydrogen) atoms. The van der Waals surface area contributed by atoms with Gasteiger partial charge in [-0.05, 0) is 23.9 Å². The summed E-state index contributed by atoms with van der Waals surface area (Å²) in [5.41, 5.74) is 3.54. The highest BCUT2D eigenvalue weighted by atomic mass is 79.9. The molecule has 0 N–H and O–H groups in total. The van der Waals surface area contributed by atoms with E-state index in [1.165, 1.54) is 16.4 Å². The summed E-state index contributed by atoms with van der Waals surface area (Å²) >= 11 is 1.90. The highest BCUT2D eigenvalue weighted by Crippen LogP contribution is 2.36. The number of rotatable bonds is 2. The van der Waals surface area contributed by atoms with E-state index >= 15 is 0 Å². The van der Waals surface area contributed by atoms with E-state index in [9.17, 15) is 0 Å². The van der Waals surface area contributed by atoms with Gasteiger partial charge in [0, 0.05) is 23.8 Å². The van der Waals surface area contributed by atoms with Gasteiger partial charge in [-0.1, -0.05) is 30.3 Å². The van der Waals surface area contributed by atoms with Crippen LogP contribution in [-0.4, -0.2) is 23.5 Å². The molecule has 0 unspecified atom stereocenters. The van der Waals surface area contributed by atoms with Crippen molar-refractivity contribution in [2.75, 3.05) is 19.0 Å². The molecule has 134 valence electrons. The minimum absolute atomic E-state index is 0. The van der Waals surface area contributed by atoms with Crippen molar-refractivity contribution in [2.45, 2.75) is 18.1 Å². The van der Waals surface area contributed by atoms with Crippen LogP contribution >= 0.6 is 28.7 Å². The lowest BCUT2D eigenvalue weighted by Crippen LogP contribution is -2.30. The number of thioether (sulfide) groups is 1. The fourth-order valence-corrected chi connectivity index (χ4v) is 4.50. The Morgan fingerprint density at radius 2 is 1.77 bits per heavy atom. The second kappa shape index (κ2) is 7.37. The van der Waals surface area contributed by atoms with Crippen molar-refractivity contribution in [2.24, 2.45) is 0 Å². The summed E-state index contributed by atoms with van der Waals surface area (Å²) in [6.45, 7) is 2.47. The maximum atomic E-state index is 5.90. The number of benzene rings is 2. The molecular formula is C20H20BrN2O2S+. The Balaban J connectivity index is 0.00000168. The monoisotopic (exact) mass is 431 g/mol. The lowest BCUT2D eigenvalue weighted by atomic mass is 10.1. The number of ether oxygens (including phenoxy) is 2. The van der Waals surface area contributed by atoms with Gasteiger partial charge in [0.25, 0.3) is 0 Å². The fourth-order valence-electron chi connectivity index (χ4n) is 3.39. The van der Waals surface area contributed by atoms with Gasteiger partial charge < -0.3 is 9.47 Å². The minimum atomic E-state index is 0. The molecule has 3 heterocycles. The summed E-state index contributed by atoms with van der Waals surface area (Å²) in [5, 5.41) is 1.27. The minimum Gasteiger partial charge on any atom is -0.490 e. The molecule has 0 aliphatic carbocycles. The number of imidazole rings is 1. The van der Waals surface area contributed by atoms with Gasteiger partial charge in [0.1, 0.15) is 18.4 Å². The molecule has 2 aromatic carbocycles. The summed E-state index contributed by atoms with van der Waals surface area (Å²) in [6.07, 6.45) is 3.18. The summed E-state index contributed by atoms with van der Waals surface area (Å²) in [7, 11) is 0. The lowest BCUT2D eigenvalue weighted by Gasteiger charge is -2.09. The molecule has 0 radical (unpaired) electrons. The van der Waals surface area contributed by atoms with Crippen molar-refractivity contribution >= 4 is 28.7 Å². The first-order valence-electron chi connectivity index (χ1n) is 8.63. The highest BCUT2D eigenvalue weighted by molar-refractivity contribution is 8.93. The molecule has 0 saturated carbocycles. The van der Waals surface area contributed by atoms with Gasteiger partial charge in [0.15, 0.2) is 17.2 Å². The van der Waals surface area contributed by atoms with Gasteiger partial charge in [-0.2, -0.15) is 4.57 Å². The molecule has 3 aromatic rings. The Labute approximate surface area is 167 Å². The molecule has 1 aromatic heterocycles. The van der Waals surface area contributed by atoms with E-state index in [0.29, 0.717) is 13.2 Å². The molecule has 0 saturated heterocycles. The van der Waals surface area contributed by atoms with E-state index in [0.717, 1.165) is 35.9 Å². The third-order valence-corrected chi connectivity index (χ3v) is 5.64. The predicted octanol–water partition coefficient (Wildman–Crippen LogP) is 4.28. The Bertz CT molecular complexity index is 927. The van der Waals surface area contributed by atoms with Gasteiger partial charge in [-0.15, -0.1) is 17.0 Å². The van der Waals surface area contributed by atoms with Gasteiger partial charge in [-0.25, -0.2) is 4.57 Å². The van der Waals surface area contributed by atoms with Crippen LogP contribution in [0.4, 0.5) is 0 Å². The fraction of sp³-hybridized carbons (Fsp3) is 0.250. The van der Waals surface area contributed by atoms with E-state index < -0.39 is 0 Å². The zero-order chi connectivity index (χ0) is 16.6. The van der Waals surface area contributed by atoms with Gasteiger partial charge in [0.05, 0.1) is 13.2 Å². The number of hydrogen-bond donors (Lipinski definition) is 0.